The number of methoxy groups -OCH3 is 1. The van der Waals surface area contributed by atoms with E-state index in [2.05, 4.69) is 12.2 Å². The molecule has 0 heterocycles. The van der Waals surface area contributed by atoms with E-state index in [9.17, 15) is 4.79 Å². The fourth-order valence-electron chi connectivity index (χ4n) is 1.99. The predicted octanol–water partition coefficient (Wildman–Crippen LogP) is 1.47. The molecule has 0 spiro atoms. The zero-order chi connectivity index (χ0) is 9.73. The number of nitrogens with one attached hydrogen (secondary N) is 1. The molecular formula is C10H19NO2. The Balaban J connectivity index is 2.57. The standard InChI is InChI=1S/C10H19NO2/c1-3-8-11-10(9(12)13-2)6-4-5-7-10/h11H,3-8H2,1-2H3. The van der Waals surface area contributed by atoms with Crippen LogP contribution < -0.4 is 5.32 Å². The first-order valence-corrected chi connectivity index (χ1v) is 5.08. The van der Waals surface area contributed by atoms with Gasteiger partial charge in [-0.15, -0.1) is 0 Å². The highest BCUT2D eigenvalue weighted by Gasteiger charge is 2.41. The largest absolute Gasteiger partial charge is 0.468 e. The molecule has 1 saturated carbocycles. The minimum atomic E-state index is -0.356. The fourth-order valence-corrected chi connectivity index (χ4v) is 1.99. The van der Waals surface area contributed by atoms with Crippen LogP contribution in [-0.2, 0) is 9.53 Å². The number of carbonyl (C=O) groups is 1. The van der Waals surface area contributed by atoms with Gasteiger partial charge in [0.2, 0.25) is 0 Å². The summed E-state index contributed by atoms with van der Waals surface area (Å²) in [5.74, 6) is -0.0848. The lowest BCUT2D eigenvalue weighted by Gasteiger charge is -2.26. The fraction of sp³-hybridized carbons (Fsp3) is 0.900. The van der Waals surface area contributed by atoms with Crippen LogP contribution in [-0.4, -0.2) is 25.2 Å². The van der Waals surface area contributed by atoms with Crippen LogP contribution in [0.5, 0.6) is 0 Å². The van der Waals surface area contributed by atoms with E-state index in [1.807, 2.05) is 0 Å². The van der Waals surface area contributed by atoms with Crippen molar-refractivity contribution in [3.05, 3.63) is 0 Å². The quantitative estimate of drug-likeness (QED) is 0.674. The number of ether oxygens (including phenoxy) is 1. The van der Waals surface area contributed by atoms with Gasteiger partial charge >= 0.3 is 5.97 Å². The third-order valence-corrected chi connectivity index (χ3v) is 2.75. The summed E-state index contributed by atoms with van der Waals surface area (Å²) in [6.45, 7) is 3.00. The first-order chi connectivity index (χ1) is 6.25. The second kappa shape index (κ2) is 4.61. The van der Waals surface area contributed by atoms with Gasteiger partial charge in [0.15, 0.2) is 0 Å². The van der Waals surface area contributed by atoms with Gasteiger partial charge in [0.05, 0.1) is 7.11 Å². The maximum absolute atomic E-state index is 11.6. The Hall–Kier alpha value is -0.570. The van der Waals surface area contributed by atoms with Crippen molar-refractivity contribution in [2.24, 2.45) is 0 Å². The van der Waals surface area contributed by atoms with Gasteiger partial charge in [0, 0.05) is 0 Å². The van der Waals surface area contributed by atoms with Crippen molar-refractivity contribution in [2.75, 3.05) is 13.7 Å². The van der Waals surface area contributed by atoms with E-state index in [1.54, 1.807) is 0 Å². The molecule has 3 nitrogen and oxygen atoms in total. The highest BCUT2D eigenvalue weighted by atomic mass is 16.5. The minimum absolute atomic E-state index is 0.0848. The number of hydrogen-bond donors (Lipinski definition) is 1. The van der Waals surface area contributed by atoms with Crippen LogP contribution in [0.2, 0.25) is 0 Å². The van der Waals surface area contributed by atoms with Gasteiger partial charge < -0.3 is 10.1 Å². The molecule has 0 aromatic heterocycles. The summed E-state index contributed by atoms with van der Waals surface area (Å²) in [6, 6.07) is 0. The van der Waals surface area contributed by atoms with Gasteiger partial charge in [-0.2, -0.15) is 0 Å². The zero-order valence-electron chi connectivity index (χ0n) is 8.56. The van der Waals surface area contributed by atoms with E-state index in [1.165, 1.54) is 7.11 Å². The molecule has 1 aliphatic rings. The Morgan fingerprint density at radius 2 is 2.08 bits per heavy atom. The second-order valence-corrected chi connectivity index (χ2v) is 3.71. The van der Waals surface area contributed by atoms with Gasteiger partial charge in [-0.05, 0) is 25.8 Å². The lowest BCUT2D eigenvalue weighted by atomic mass is 9.98. The average molecular weight is 185 g/mol. The predicted molar refractivity (Wildman–Crippen MR) is 51.5 cm³/mol. The Labute approximate surface area is 79.8 Å². The van der Waals surface area contributed by atoms with E-state index in [0.717, 1.165) is 38.6 Å². The molecule has 0 saturated heterocycles. The zero-order valence-corrected chi connectivity index (χ0v) is 8.56. The third kappa shape index (κ3) is 2.21. The van der Waals surface area contributed by atoms with Crippen molar-refractivity contribution in [3.63, 3.8) is 0 Å². The normalized spacial score (nSPS) is 20.2. The monoisotopic (exact) mass is 185 g/mol. The van der Waals surface area contributed by atoms with Crippen molar-refractivity contribution in [2.45, 2.75) is 44.6 Å². The number of carbonyl (C=O) groups excluding carboxylic acids is 1. The van der Waals surface area contributed by atoms with Crippen molar-refractivity contribution in [1.29, 1.82) is 0 Å². The van der Waals surface area contributed by atoms with Crippen LogP contribution in [0.15, 0.2) is 0 Å². The molecular weight excluding hydrogens is 166 g/mol. The Morgan fingerprint density at radius 3 is 2.54 bits per heavy atom. The van der Waals surface area contributed by atoms with Crippen molar-refractivity contribution in [3.8, 4) is 0 Å². The molecule has 0 amide bonds. The molecule has 1 aliphatic carbocycles. The maximum Gasteiger partial charge on any atom is 0.326 e. The summed E-state index contributed by atoms with van der Waals surface area (Å²) in [5.41, 5.74) is -0.356. The maximum atomic E-state index is 11.6. The summed E-state index contributed by atoms with van der Waals surface area (Å²) in [5, 5.41) is 3.32. The van der Waals surface area contributed by atoms with E-state index >= 15 is 0 Å². The Bertz CT molecular complexity index is 174. The van der Waals surface area contributed by atoms with Crippen LogP contribution in [0.3, 0.4) is 0 Å². The molecule has 0 unspecified atom stereocenters. The van der Waals surface area contributed by atoms with Crippen molar-refractivity contribution in [1.82, 2.24) is 5.32 Å². The smallest absolute Gasteiger partial charge is 0.326 e. The number of hydrogen-bond acceptors (Lipinski definition) is 3. The average Bonchev–Trinajstić information content (AvgIpc) is 2.63. The van der Waals surface area contributed by atoms with Gasteiger partial charge in [0.25, 0.3) is 0 Å². The third-order valence-electron chi connectivity index (χ3n) is 2.75. The summed E-state index contributed by atoms with van der Waals surface area (Å²) in [4.78, 5) is 11.6. The van der Waals surface area contributed by atoms with E-state index < -0.39 is 0 Å². The summed E-state index contributed by atoms with van der Waals surface area (Å²) in [6.07, 6.45) is 5.18. The van der Waals surface area contributed by atoms with Crippen LogP contribution in [0.25, 0.3) is 0 Å². The molecule has 0 atom stereocenters. The molecule has 3 heteroatoms. The van der Waals surface area contributed by atoms with E-state index in [4.69, 9.17) is 4.74 Å². The molecule has 1 fully saturated rings. The number of esters is 1. The second-order valence-electron chi connectivity index (χ2n) is 3.71. The van der Waals surface area contributed by atoms with Crippen LogP contribution >= 0.6 is 0 Å². The molecule has 76 valence electrons. The minimum Gasteiger partial charge on any atom is -0.468 e. The summed E-state index contributed by atoms with van der Waals surface area (Å²) < 4.78 is 4.83. The first-order valence-electron chi connectivity index (χ1n) is 5.08. The summed E-state index contributed by atoms with van der Waals surface area (Å²) >= 11 is 0. The van der Waals surface area contributed by atoms with Crippen molar-refractivity contribution >= 4 is 5.97 Å². The van der Waals surface area contributed by atoms with Gasteiger partial charge in [-0.25, -0.2) is 0 Å². The molecule has 0 aromatic rings. The highest BCUT2D eigenvalue weighted by Crippen LogP contribution is 2.30. The molecule has 1 rings (SSSR count). The summed E-state index contributed by atoms with van der Waals surface area (Å²) in [7, 11) is 1.47. The van der Waals surface area contributed by atoms with Crippen LogP contribution in [0, 0.1) is 0 Å². The molecule has 0 radical (unpaired) electrons. The van der Waals surface area contributed by atoms with E-state index in [-0.39, 0.29) is 11.5 Å². The Morgan fingerprint density at radius 1 is 1.46 bits per heavy atom. The molecule has 0 bridgehead atoms. The molecule has 0 aromatic carbocycles. The van der Waals surface area contributed by atoms with Crippen molar-refractivity contribution < 1.29 is 9.53 Å². The van der Waals surface area contributed by atoms with Crippen LogP contribution in [0.4, 0.5) is 0 Å². The van der Waals surface area contributed by atoms with Gasteiger partial charge in [0.1, 0.15) is 5.54 Å². The highest BCUT2D eigenvalue weighted by molar-refractivity contribution is 5.81. The molecule has 0 aliphatic heterocycles. The number of rotatable bonds is 4. The lowest BCUT2D eigenvalue weighted by Crippen LogP contribution is -2.50. The topological polar surface area (TPSA) is 38.3 Å². The molecule has 1 N–H and O–H groups in total. The SMILES string of the molecule is CCCNC1(C(=O)OC)CCCC1. The van der Waals surface area contributed by atoms with Gasteiger partial charge in [-0.1, -0.05) is 19.8 Å². The van der Waals surface area contributed by atoms with E-state index in [0.29, 0.717) is 0 Å². The first kappa shape index (κ1) is 10.5. The van der Waals surface area contributed by atoms with Crippen LogP contribution in [0.1, 0.15) is 39.0 Å². The Kier molecular flexibility index (Phi) is 3.72. The lowest BCUT2D eigenvalue weighted by molar-refractivity contribution is -0.148. The molecule has 13 heavy (non-hydrogen) atoms. The van der Waals surface area contributed by atoms with Gasteiger partial charge in [-0.3, -0.25) is 4.79 Å².